The summed E-state index contributed by atoms with van der Waals surface area (Å²) < 4.78 is 23.0. The fourth-order valence-electron chi connectivity index (χ4n) is 2.49. The molecule has 1 N–H and O–H groups in total. The van der Waals surface area contributed by atoms with Gasteiger partial charge in [-0.25, -0.2) is 8.42 Å². The Bertz CT molecular complexity index is 341. The zero-order chi connectivity index (χ0) is 13.8. The molecule has 1 rings (SSSR count). The number of rotatable bonds is 6. The SMILES string of the molecule is CC(C)CCNCC(C)N1CCS(=O)(=O)CC1C. The third kappa shape index (κ3) is 5.24. The molecule has 0 saturated carbocycles. The van der Waals surface area contributed by atoms with E-state index in [1.807, 2.05) is 6.92 Å². The molecule has 18 heavy (non-hydrogen) atoms. The van der Waals surface area contributed by atoms with E-state index in [0.29, 0.717) is 24.1 Å². The molecular formula is C13H28N2O2S. The van der Waals surface area contributed by atoms with E-state index in [2.05, 4.69) is 31.0 Å². The Labute approximate surface area is 112 Å². The minimum atomic E-state index is -2.80. The van der Waals surface area contributed by atoms with Gasteiger partial charge >= 0.3 is 0 Å². The third-order valence-electron chi connectivity index (χ3n) is 3.63. The smallest absolute Gasteiger partial charge is 0.153 e. The van der Waals surface area contributed by atoms with Gasteiger partial charge in [-0.05, 0) is 32.7 Å². The fourth-order valence-corrected chi connectivity index (χ4v) is 4.07. The Morgan fingerprint density at radius 2 is 2.00 bits per heavy atom. The van der Waals surface area contributed by atoms with E-state index in [1.165, 1.54) is 6.42 Å². The van der Waals surface area contributed by atoms with Crippen LogP contribution in [-0.2, 0) is 9.84 Å². The Hall–Kier alpha value is -0.130. The van der Waals surface area contributed by atoms with Crippen LogP contribution in [0, 0.1) is 5.92 Å². The monoisotopic (exact) mass is 276 g/mol. The molecule has 108 valence electrons. The summed E-state index contributed by atoms with van der Waals surface area (Å²) in [6.45, 7) is 11.3. The molecule has 0 aliphatic carbocycles. The lowest BCUT2D eigenvalue weighted by Gasteiger charge is -2.37. The Balaban J connectivity index is 2.31. The maximum atomic E-state index is 11.5. The summed E-state index contributed by atoms with van der Waals surface area (Å²) >= 11 is 0. The summed E-state index contributed by atoms with van der Waals surface area (Å²) in [5.74, 6) is 1.35. The van der Waals surface area contributed by atoms with Crippen LogP contribution >= 0.6 is 0 Å². The summed E-state index contributed by atoms with van der Waals surface area (Å²) in [4.78, 5) is 2.31. The zero-order valence-electron chi connectivity index (χ0n) is 12.1. The minimum Gasteiger partial charge on any atom is -0.315 e. The summed E-state index contributed by atoms with van der Waals surface area (Å²) in [6.07, 6.45) is 1.19. The van der Waals surface area contributed by atoms with Crippen molar-refractivity contribution >= 4 is 9.84 Å². The molecule has 2 atom stereocenters. The Kier molecular flexibility index (Phi) is 6.08. The van der Waals surface area contributed by atoms with E-state index in [0.717, 1.165) is 19.0 Å². The van der Waals surface area contributed by atoms with Crippen LogP contribution in [0.25, 0.3) is 0 Å². The number of sulfone groups is 1. The zero-order valence-corrected chi connectivity index (χ0v) is 13.0. The number of nitrogens with one attached hydrogen (secondary N) is 1. The van der Waals surface area contributed by atoms with E-state index < -0.39 is 9.84 Å². The summed E-state index contributed by atoms with van der Waals surface area (Å²) in [5.41, 5.74) is 0. The van der Waals surface area contributed by atoms with Gasteiger partial charge in [-0.3, -0.25) is 4.90 Å². The average molecular weight is 276 g/mol. The van der Waals surface area contributed by atoms with E-state index in [1.54, 1.807) is 0 Å². The lowest BCUT2D eigenvalue weighted by atomic mass is 10.1. The lowest BCUT2D eigenvalue weighted by Crippen LogP contribution is -2.53. The predicted octanol–water partition coefficient (Wildman–Crippen LogP) is 1.13. The van der Waals surface area contributed by atoms with Crippen molar-refractivity contribution in [2.24, 2.45) is 5.92 Å². The van der Waals surface area contributed by atoms with E-state index >= 15 is 0 Å². The van der Waals surface area contributed by atoms with Crippen molar-refractivity contribution in [3.05, 3.63) is 0 Å². The topological polar surface area (TPSA) is 49.4 Å². The van der Waals surface area contributed by atoms with Crippen LogP contribution in [0.15, 0.2) is 0 Å². The molecule has 0 bridgehead atoms. The van der Waals surface area contributed by atoms with E-state index in [-0.39, 0.29) is 6.04 Å². The first-order valence-electron chi connectivity index (χ1n) is 6.98. The lowest BCUT2D eigenvalue weighted by molar-refractivity contribution is 0.165. The van der Waals surface area contributed by atoms with Gasteiger partial charge in [0.25, 0.3) is 0 Å². The third-order valence-corrected chi connectivity index (χ3v) is 5.42. The van der Waals surface area contributed by atoms with Crippen LogP contribution in [0.4, 0.5) is 0 Å². The molecule has 2 unspecified atom stereocenters. The Morgan fingerprint density at radius 3 is 2.56 bits per heavy atom. The molecule has 5 heteroatoms. The van der Waals surface area contributed by atoms with Gasteiger partial charge in [-0.1, -0.05) is 13.8 Å². The van der Waals surface area contributed by atoms with Gasteiger partial charge in [0.15, 0.2) is 9.84 Å². The Morgan fingerprint density at radius 1 is 1.33 bits per heavy atom. The van der Waals surface area contributed by atoms with Crippen LogP contribution in [0.1, 0.15) is 34.1 Å². The highest BCUT2D eigenvalue weighted by Gasteiger charge is 2.30. The van der Waals surface area contributed by atoms with Gasteiger partial charge in [0.05, 0.1) is 11.5 Å². The highest BCUT2D eigenvalue weighted by atomic mass is 32.2. The molecule has 1 fully saturated rings. The first-order valence-corrected chi connectivity index (χ1v) is 8.81. The molecule has 4 nitrogen and oxygen atoms in total. The van der Waals surface area contributed by atoms with Gasteiger partial charge in [-0.2, -0.15) is 0 Å². The van der Waals surface area contributed by atoms with Crippen LogP contribution in [0.2, 0.25) is 0 Å². The van der Waals surface area contributed by atoms with Crippen molar-refractivity contribution in [1.29, 1.82) is 0 Å². The number of hydrogen-bond acceptors (Lipinski definition) is 4. The quantitative estimate of drug-likeness (QED) is 0.739. The summed E-state index contributed by atoms with van der Waals surface area (Å²) in [7, 11) is -2.80. The van der Waals surface area contributed by atoms with Crippen molar-refractivity contribution in [3.8, 4) is 0 Å². The largest absolute Gasteiger partial charge is 0.315 e. The average Bonchev–Trinajstić information content (AvgIpc) is 2.22. The van der Waals surface area contributed by atoms with Crippen molar-refractivity contribution in [1.82, 2.24) is 10.2 Å². The van der Waals surface area contributed by atoms with Crippen LogP contribution in [-0.4, -0.2) is 56.5 Å². The molecule has 1 saturated heterocycles. The highest BCUT2D eigenvalue weighted by Crippen LogP contribution is 2.14. The predicted molar refractivity (Wildman–Crippen MR) is 76.6 cm³/mol. The van der Waals surface area contributed by atoms with Crippen molar-refractivity contribution < 1.29 is 8.42 Å². The summed E-state index contributed by atoms with van der Waals surface area (Å²) in [6, 6.07) is 0.549. The van der Waals surface area contributed by atoms with E-state index in [9.17, 15) is 8.42 Å². The number of nitrogens with zero attached hydrogens (tertiary/aromatic N) is 1. The van der Waals surface area contributed by atoms with Gasteiger partial charge in [0.1, 0.15) is 0 Å². The van der Waals surface area contributed by atoms with Gasteiger partial charge in [-0.15, -0.1) is 0 Å². The molecule has 0 radical (unpaired) electrons. The van der Waals surface area contributed by atoms with Crippen molar-refractivity contribution in [3.63, 3.8) is 0 Å². The molecule has 1 heterocycles. The highest BCUT2D eigenvalue weighted by molar-refractivity contribution is 7.91. The maximum Gasteiger partial charge on any atom is 0.153 e. The normalized spacial score (nSPS) is 26.4. The standard InChI is InChI=1S/C13H28N2O2S/c1-11(2)5-6-14-9-12(3)15-7-8-18(16,17)10-13(15)4/h11-14H,5-10H2,1-4H3. The van der Waals surface area contributed by atoms with Gasteiger partial charge < -0.3 is 5.32 Å². The second-order valence-electron chi connectivity index (χ2n) is 5.94. The number of hydrogen-bond donors (Lipinski definition) is 1. The molecular weight excluding hydrogens is 248 g/mol. The molecule has 0 aromatic carbocycles. The maximum absolute atomic E-state index is 11.5. The molecule has 0 aromatic rings. The van der Waals surface area contributed by atoms with Crippen molar-refractivity contribution in [2.75, 3.05) is 31.1 Å². The fraction of sp³-hybridized carbons (Fsp3) is 1.00. The summed E-state index contributed by atoms with van der Waals surface area (Å²) in [5, 5.41) is 3.46. The second-order valence-corrected chi connectivity index (χ2v) is 8.17. The first-order chi connectivity index (χ1) is 8.32. The molecule has 0 spiro atoms. The van der Waals surface area contributed by atoms with Crippen molar-refractivity contribution in [2.45, 2.75) is 46.2 Å². The second kappa shape index (κ2) is 6.87. The van der Waals surface area contributed by atoms with Gasteiger partial charge in [0.2, 0.25) is 0 Å². The molecule has 1 aliphatic heterocycles. The molecule has 0 amide bonds. The molecule has 1 aliphatic rings. The van der Waals surface area contributed by atoms with Crippen LogP contribution < -0.4 is 5.32 Å². The first kappa shape index (κ1) is 15.9. The minimum absolute atomic E-state index is 0.144. The van der Waals surface area contributed by atoms with Gasteiger partial charge in [0, 0.05) is 25.2 Å². The van der Waals surface area contributed by atoms with E-state index in [4.69, 9.17) is 0 Å². The van der Waals surface area contributed by atoms with Crippen LogP contribution in [0.5, 0.6) is 0 Å². The molecule has 0 aromatic heterocycles. The van der Waals surface area contributed by atoms with Crippen LogP contribution in [0.3, 0.4) is 0 Å².